The highest BCUT2D eigenvalue weighted by Gasteiger charge is 2.11. The summed E-state index contributed by atoms with van der Waals surface area (Å²) in [5.74, 6) is 0. The van der Waals surface area contributed by atoms with Crippen LogP contribution in [0.1, 0.15) is 12.8 Å². The number of allylic oxidation sites excluding steroid dienone is 6. The van der Waals surface area contributed by atoms with E-state index in [1.807, 2.05) is 36.5 Å². The van der Waals surface area contributed by atoms with Gasteiger partial charge in [0.1, 0.15) is 0 Å². The van der Waals surface area contributed by atoms with Crippen molar-refractivity contribution in [1.82, 2.24) is 0 Å². The van der Waals surface area contributed by atoms with Gasteiger partial charge in [0, 0.05) is 22.0 Å². The average Bonchev–Trinajstić information content (AvgIpc) is 2.60. The lowest BCUT2D eigenvalue weighted by molar-refractivity contribution is -0.742. The highest BCUT2D eigenvalue weighted by atomic mass is 33.1. The van der Waals surface area contributed by atoms with Crippen LogP contribution in [0.25, 0.3) is 11.1 Å². The molecule has 0 bridgehead atoms. The van der Waals surface area contributed by atoms with Gasteiger partial charge in [0.2, 0.25) is 0 Å². The molecule has 14 heteroatoms. The number of hydrogen-bond acceptors (Lipinski definition) is 6. The Hall–Kier alpha value is -3.18. The molecule has 0 amide bonds. The fourth-order valence-corrected chi connectivity index (χ4v) is 3.47. The second-order valence-corrected chi connectivity index (χ2v) is 6.39. The Balaban J connectivity index is 0.000000662. The summed E-state index contributed by atoms with van der Waals surface area (Å²) < 4.78 is 0. The molecular weight excluding hydrogens is 388 g/mol. The van der Waals surface area contributed by atoms with Gasteiger partial charge in [-0.2, -0.15) is 9.58 Å². The van der Waals surface area contributed by atoms with E-state index < -0.39 is 10.2 Å². The van der Waals surface area contributed by atoms with Crippen LogP contribution in [0.2, 0.25) is 0 Å². The monoisotopic (exact) mass is 400 g/mol. The topological polar surface area (TPSA) is 200 Å². The molecule has 0 aromatic carbocycles. The molecule has 0 unspecified atom stereocenters. The highest BCUT2D eigenvalue weighted by Crippen LogP contribution is 2.39. The molecule has 0 atom stereocenters. The average molecular weight is 400 g/mol. The molecule has 0 saturated carbocycles. The van der Waals surface area contributed by atoms with Crippen LogP contribution >= 0.6 is 21.6 Å². The van der Waals surface area contributed by atoms with Gasteiger partial charge in [-0.05, 0) is 12.2 Å². The largest absolute Gasteiger partial charge is 0.361 e. The molecule has 0 aromatic heterocycles. The Morgan fingerprint density at radius 3 is 1.35 bits per heavy atom. The van der Waals surface area contributed by atoms with Crippen molar-refractivity contribution in [3.05, 3.63) is 77.6 Å². The molecule has 0 aliphatic heterocycles. The molecule has 0 spiro atoms. The molecule has 2 N–H and O–H groups in total. The zero-order valence-corrected chi connectivity index (χ0v) is 14.5. The number of nitrogens with zero attached hydrogens (tertiary/aromatic N) is 6. The lowest BCUT2D eigenvalue weighted by atomic mass is 10.2. The van der Waals surface area contributed by atoms with E-state index in [2.05, 4.69) is 9.58 Å². The van der Waals surface area contributed by atoms with E-state index in [1.54, 1.807) is 21.6 Å². The maximum atomic E-state index is 8.60. The van der Waals surface area contributed by atoms with Gasteiger partial charge in [0.25, 0.3) is 21.6 Å². The number of rotatable bonds is 3. The van der Waals surface area contributed by atoms with Gasteiger partial charge in [0.05, 0.1) is 12.8 Å². The maximum Gasteiger partial charge on any atom is 0.295 e. The van der Waals surface area contributed by atoms with Crippen LogP contribution in [-0.4, -0.2) is 41.6 Å². The maximum absolute atomic E-state index is 8.60. The van der Waals surface area contributed by atoms with Crippen molar-refractivity contribution in [2.24, 2.45) is 0 Å². The van der Waals surface area contributed by atoms with E-state index in [0.717, 1.165) is 9.81 Å². The van der Waals surface area contributed by atoms with Crippen molar-refractivity contribution >= 4 is 33.0 Å². The van der Waals surface area contributed by atoms with Gasteiger partial charge in [-0.15, -0.1) is 20.2 Å². The Labute approximate surface area is 154 Å². The van der Waals surface area contributed by atoms with Crippen molar-refractivity contribution in [2.75, 3.05) is 0 Å². The normalized spacial score (nSPS) is 14.3. The van der Waals surface area contributed by atoms with Crippen LogP contribution in [0.3, 0.4) is 0 Å². The SMILES string of the molecule is O=[N+]([O-])O.O=[N+]([O-])O.[N-]=[N+]=C1C=CC(SSC2=CCC(=[N+]=[N-])C=C2)=CC1. The molecule has 0 heterocycles. The van der Waals surface area contributed by atoms with Gasteiger partial charge >= 0.3 is 0 Å². The highest BCUT2D eigenvalue weighted by molar-refractivity contribution is 8.79. The standard InChI is InChI=1S/C12H10N4S2.2HNO3/c13-15-9-1-5-11(6-2-9)17-18-12-7-3-10(16-14)4-8-12;2*2-1(3)4/h1,3,5-8H,2,4H2;2*(H,2,3,4). The van der Waals surface area contributed by atoms with Gasteiger partial charge in [-0.3, -0.25) is 0 Å². The van der Waals surface area contributed by atoms with Gasteiger partial charge in [-0.1, -0.05) is 33.7 Å². The first kappa shape index (κ1) is 22.8. The Morgan fingerprint density at radius 1 is 0.846 bits per heavy atom. The third-order valence-electron chi connectivity index (χ3n) is 2.40. The minimum atomic E-state index is -1.50. The van der Waals surface area contributed by atoms with Crippen molar-refractivity contribution < 1.29 is 30.2 Å². The molecule has 0 fully saturated rings. The Morgan fingerprint density at radius 2 is 1.15 bits per heavy atom. The Kier molecular flexibility index (Phi) is 11.5. The first-order chi connectivity index (χ1) is 12.3. The predicted octanol–water partition coefficient (Wildman–Crippen LogP) is 2.70. The van der Waals surface area contributed by atoms with Crippen LogP contribution in [-0.2, 0) is 0 Å². The minimum absolute atomic E-state index is 0.659. The summed E-state index contributed by atoms with van der Waals surface area (Å²) in [7, 11) is 3.32. The molecule has 0 saturated heterocycles. The van der Waals surface area contributed by atoms with Crippen molar-refractivity contribution in [1.29, 1.82) is 0 Å². The zero-order chi connectivity index (χ0) is 19.9. The van der Waals surface area contributed by atoms with Gasteiger partial charge in [-0.25, -0.2) is 0 Å². The van der Waals surface area contributed by atoms with E-state index >= 15 is 0 Å². The molecule has 138 valence electrons. The van der Waals surface area contributed by atoms with Crippen LogP contribution in [0.15, 0.2) is 46.3 Å². The van der Waals surface area contributed by atoms with E-state index in [0.29, 0.717) is 24.3 Å². The first-order valence-corrected chi connectivity index (χ1v) is 8.62. The van der Waals surface area contributed by atoms with Gasteiger partial charge < -0.3 is 21.5 Å². The quantitative estimate of drug-likeness (QED) is 0.236. The zero-order valence-electron chi connectivity index (χ0n) is 12.9. The second kappa shape index (κ2) is 13.1. The summed E-state index contributed by atoms with van der Waals surface area (Å²) in [6.45, 7) is 0. The summed E-state index contributed by atoms with van der Waals surface area (Å²) in [5, 5.41) is 27.3. The fourth-order valence-electron chi connectivity index (χ4n) is 1.41. The van der Waals surface area contributed by atoms with E-state index in [-0.39, 0.29) is 0 Å². The van der Waals surface area contributed by atoms with Crippen molar-refractivity contribution in [2.45, 2.75) is 12.8 Å². The second-order valence-electron chi connectivity index (χ2n) is 4.11. The summed E-state index contributed by atoms with van der Waals surface area (Å²) >= 11 is 0. The van der Waals surface area contributed by atoms with Crippen LogP contribution in [0.4, 0.5) is 0 Å². The van der Waals surface area contributed by atoms with Gasteiger partial charge in [0.15, 0.2) is 0 Å². The summed E-state index contributed by atoms with van der Waals surface area (Å²) in [6, 6.07) is 0. The van der Waals surface area contributed by atoms with E-state index in [1.165, 1.54) is 0 Å². The molecule has 0 aromatic rings. The molecule has 0 radical (unpaired) electrons. The summed E-state index contributed by atoms with van der Waals surface area (Å²) in [4.78, 5) is 25.3. The third-order valence-corrected chi connectivity index (χ3v) is 4.87. The third kappa shape index (κ3) is 12.3. The van der Waals surface area contributed by atoms with E-state index in [4.69, 9.17) is 41.7 Å². The molecule has 26 heavy (non-hydrogen) atoms. The van der Waals surface area contributed by atoms with Crippen molar-refractivity contribution in [3.8, 4) is 0 Å². The summed E-state index contributed by atoms with van der Waals surface area (Å²) in [6.07, 6.45) is 12.9. The molecule has 2 aliphatic rings. The molecule has 2 rings (SSSR count). The fraction of sp³-hybridized carbons (Fsp3) is 0.167. The molecule has 12 nitrogen and oxygen atoms in total. The van der Waals surface area contributed by atoms with Crippen LogP contribution < -0.4 is 0 Å². The Bertz CT molecular complexity index is 690. The van der Waals surface area contributed by atoms with Crippen molar-refractivity contribution in [3.63, 3.8) is 0 Å². The predicted molar refractivity (Wildman–Crippen MR) is 93.7 cm³/mol. The van der Waals surface area contributed by atoms with E-state index in [9.17, 15) is 0 Å². The number of hydrogen-bond donors (Lipinski definition) is 2. The van der Waals surface area contributed by atoms with Crippen LogP contribution in [0, 0.1) is 20.2 Å². The first-order valence-electron chi connectivity index (χ1n) is 6.47. The summed E-state index contributed by atoms with van der Waals surface area (Å²) in [5.41, 5.74) is 18.6. The lowest BCUT2D eigenvalue weighted by Gasteiger charge is -2.06. The minimum Gasteiger partial charge on any atom is -0.361 e. The lowest BCUT2D eigenvalue weighted by Crippen LogP contribution is -1.97. The van der Waals surface area contributed by atoms with Crippen LogP contribution in [0.5, 0.6) is 0 Å². The smallest absolute Gasteiger partial charge is 0.295 e. The molecular formula is C12H12N6O6S2. The molecule has 2 aliphatic carbocycles.